The number of carbonyl (C=O) groups excluding carboxylic acids is 1. The molecular formula is C20H14O3. The molecule has 1 aliphatic heterocycles. The van der Waals surface area contributed by atoms with Crippen LogP contribution in [0.2, 0.25) is 0 Å². The van der Waals surface area contributed by atoms with Crippen LogP contribution in [-0.4, -0.2) is 12.9 Å². The fourth-order valence-corrected chi connectivity index (χ4v) is 2.74. The molecule has 0 saturated heterocycles. The zero-order chi connectivity index (χ0) is 15.8. The smallest absolute Gasteiger partial charge is 0.231 e. The van der Waals surface area contributed by atoms with Crippen molar-refractivity contribution in [3.63, 3.8) is 0 Å². The summed E-state index contributed by atoms with van der Waals surface area (Å²) in [6.07, 6.45) is 1.78. The standard InChI is InChI=1S/C20H14O3/c1-22-16-8-9-17-18(12-16)23-19(20(17)21)11-13-6-7-14-4-2-3-5-15(14)10-13/h2-12H,1H3/b19-11+. The first-order valence-corrected chi connectivity index (χ1v) is 7.36. The van der Waals surface area contributed by atoms with Gasteiger partial charge in [0.15, 0.2) is 5.76 Å². The van der Waals surface area contributed by atoms with Crippen LogP contribution in [0.1, 0.15) is 15.9 Å². The molecule has 0 fully saturated rings. The quantitative estimate of drug-likeness (QED) is 0.655. The topological polar surface area (TPSA) is 35.5 Å². The number of ketones is 1. The van der Waals surface area contributed by atoms with Gasteiger partial charge in [-0.05, 0) is 40.6 Å². The Morgan fingerprint density at radius 1 is 0.957 bits per heavy atom. The summed E-state index contributed by atoms with van der Waals surface area (Å²) in [5.74, 6) is 1.45. The Kier molecular flexibility index (Phi) is 3.12. The molecule has 112 valence electrons. The van der Waals surface area contributed by atoms with Gasteiger partial charge in [-0.1, -0.05) is 36.4 Å². The van der Waals surface area contributed by atoms with Gasteiger partial charge in [0.1, 0.15) is 11.5 Å². The second-order valence-electron chi connectivity index (χ2n) is 5.41. The van der Waals surface area contributed by atoms with Crippen LogP contribution in [0, 0.1) is 0 Å². The molecule has 1 heterocycles. The Bertz CT molecular complexity index is 954. The highest BCUT2D eigenvalue weighted by Crippen LogP contribution is 2.34. The van der Waals surface area contributed by atoms with Crippen molar-refractivity contribution < 1.29 is 14.3 Å². The average Bonchev–Trinajstić information content (AvgIpc) is 2.90. The molecular weight excluding hydrogens is 288 g/mol. The number of Topliss-reactive ketones (excluding diaryl/α,β-unsaturated/α-hetero) is 1. The number of carbonyl (C=O) groups is 1. The Morgan fingerprint density at radius 2 is 1.78 bits per heavy atom. The molecule has 0 amide bonds. The van der Waals surface area contributed by atoms with E-state index in [9.17, 15) is 4.79 Å². The second-order valence-corrected chi connectivity index (χ2v) is 5.41. The van der Waals surface area contributed by atoms with Gasteiger partial charge < -0.3 is 9.47 Å². The van der Waals surface area contributed by atoms with Gasteiger partial charge >= 0.3 is 0 Å². The maximum atomic E-state index is 12.4. The van der Waals surface area contributed by atoms with Crippen LogP contribution in [0.5, 0.6) is 11.5 Å². The van der Waals surface area contributed by atoms with Crippen molar-refractivity contribution >= 4 is 22.6 Å². The molecule has 23 heavy (non-hydrogen) atoms. The van der Waals surface area contributed by atoms with E-state index < -0.39 is 0 Å². The maximum Gasteiger partial charge on any atom is 0.231 e. The first kappa shape index (κ1) is 13.6. The second kappa shape index (κ2) is 5.29. The number of hydrogen-bond donors (Lipinski definition) is 0. The summed E-state index contributed by atoms with van der Waals surface area (Å²) in [5, 5.41) is 2.30. The fourth-order valence-electron chi connectivity index (χ4n) is 2.74. The summed E-state index contributed by atoms with van der Waals surface area (Å²) in [5.41, 5.74) is 1.50. The van der Waals surface area contributed by atoms with Gasteiger partial charge in [-0.25, -0.2) is 0 Å². The van der Waals surface area contributed by atoms with Crippen LogP contribution in [0.25, 0.3) is 16.8 Å². The largest absolute Gasteiger partial charge is 0.497 e. The highest BCUT2D eigenvalue weighted by atomic mass is 16.5. The zero-order valence-electron chi connectivity index (χ0n) is 12.6. The van der Waals surface area contributed by atoms with Crippen molar-refractivity contribution in [2.75, 3.05) is 7.11 Å². The molecule has 4 rings (SSSR count). The Morgan fingerprint density at radius 3 is 2.61 bits per heavy atom. The lowest BCUT2D eigenvalue weighted by Crippen LogP contribution is -1.97. The maximum absolute atomic E-state index is 12.4. The lowest BCUT2D eigenvalue weighted by Gasteiger charge is -2.02. The fraction of sp³-hybridized carbons (Fsp3) is 0.0500. The van der Waals surface area contributed by atoms with Crippen LogP contribution >= 0.6 is 0 Å². The number of fused-ring (bicyclic) bond motifs is 2. The van der Waals surface area contributed by atoms with Gasteiger partial charge in [0, 0.05) is 6.07 Å². The van der Waals surface area contributed by atoms with Crippen molar-refractivity contribution in [2.45, 2.75) is 0 Å². The Hall–Kier alpha value is -3.07. The third-order valence-electron chi connectivity index (χ3n) is 3.95. The minimum absolute atomic E-state index is 0.101. The summed E-state index contributed by atoms with van der Waals surface area (Å²) in [6.45, 7) is 0. The third-order valence-corrected chi connectivity index (χ3v) is 3.95. The number of methoxy groups -OCH3 is 1. The van der Waals surface area contributed by atoms with Crippen LogP contribution in [-0.2, 0) is 0 Å². The molecule has 3 aromatic rings. The molecule has 0 aliphatic carbocycles. The zero-order valence-corrected chi connectivity index (χ0v) is 12.6. The first-order chi connectivity index (χ1) is 11.2. The highest BCUT2D eigenvalue weighted by Gasteiger charge is 2.27. The van der Waals surface area contributed by atoms with Crippen molar-refractivity contribution in [2.24, 2.45) is 0 Å². The molecule has 1 aliphatic rings. The van der Waals surface area contributed by atoms with Crippen LogP contribution in [0.4, 0.5) is 0 Å². The number of benzene rings is 3. The lowest BCUT2D eigenvalue weighted by atomic mass is 10.1. The van der Waals surface area contributed by atoms with E-state index >= 15 is 0 Å². The summed E-state index contributed by atoms with van der Waals surface area (Å²) in [4.78, 5) is 12.4. The molecule has 0 spiro atoms. The number of allylic oxidation sites excluding steroid dienone is 1. The van der Waals surface area contributed by atoms with Crippen LogP contribution in [0.3, 0.4) is 0 Å². The van der Waals surface area contributed by atoms with Crippen molar-refractivity contribution in [1.29, 1.82) is 0 Å². The van der Waals surface area contributed by atoms with Crippen molar-refractivity contribution in [1.82, 2.24) is 0 Å². The number of hydrogen-bond acceptors (Lipinski definition) is 3. The number of rotatable bonds is 2. The van der Waals surface area contributed by atoms with E-state index in [0.717, 1.165) is 10.9 Å². The molecule has 0 saturated carbocycles. The van der Waals surface area contributed by atoms with E-state index in [1.54, 1.807) is 31.4 Å². The molecule has 0 aromatic heterocycles. The molecule has 0 radical (unpaired) electrons. The monoisotopic (exact) mass is 302 g/mol. The van der Waals surface area contributed by atoms with Gasteiger partial charge in [-0.3, -0.25) is 4.79 Å². The minimum atomic E-state index is -0.101. The molecule has 3 nitrogen and oxygen atoms in total. The predicted molar refractivity (Wildman–Crippen MR) is 89.9 cm³/mol. The summed E-state index contributed by atoms with van der Waals surface area (Å²) in [6, 6.07) is 19.4. The van der Waals surface area contributed by atoms with Crippen molar-refractivity contribution in [3.05, 3.63) is 77.5 Å². The Labute approximate surface area is 133 Å². The van der Waals surface area contributed by atoms with E-state index in [-0.39, 0.29) is 5.78 Å². The van der Waals surface area contributed by atoms with E-state index in [1.807, 2.05) is 36.4 Å². The average molecular weight is 302 g/mol. The number of ether oxygens (including phenoxy) is 2. The molecule has 0 atom stereocenters. The van der Waals surface area contributed by atoms with E-state index in [1.165, 1.54) is 5.39 Å². The SMILES string of the molecule is COc1ccc2c(c1)O/C(=C/c1ccc3ccccc3c1)C2=O. The minimum Gasteiger partial charge on any atom is -0.497 e. The molecule has 0 unspecified atom stereocenters. The van der Waals surface area contributed by atoms with Crippen molar-refractivity contribution in [3.8, 4) is 11.5 Å². The molecule has 3 aromatic carbocycles. The summed E-state index contributed by atoms with van der Waals surface area (Å²) >= 11 is 0. The normalized spacial score (nSPS) is 14.8. The molecule has 0 bridgehead atoms. The van der Waals surface area contributed by atoms with Gasteiger partial charge in [-0.2, -0.15) is 0 Å². The summed E-state index contributed by atoms with van der Waals surface area (Å²) < 4.78 is 10.9. The highest BCUT2D eigenvalue weighted by molar-refractivity contribution is 6.14. The summed E-state index contributed by atoms with van der Waals surface area (Å²) in [7, 11) is 1.59. The first-order valence-electron chi connectivity index (χ1n) is 7.36. The van der Waals surface area contributed by atoms with Gasteiger partial charge in [0.25, 0.3) is 0 Å². The van der Waals surface area contributed by atoms with Gasteiger partial charge in [0.2, 0.25) is 5.78 Å². The van der Waals surface area contributed by atoms with E-state index in [2.05, 4.69) is 6.07 Å². The van der Waals surface area contributed by atoms with E-state index in [0.29, 0.717) is 22.8 Å². The van der Waals surface area contributed by atoms with Gasteiger partial charge in [-0.15, -0.1) is 0 Å². The predicted octanol–water partition coefficient (Wildman–Crippen LogP) is 4.46. The third kappa shape index (κ3) is 2.36. The van der Waals surface area contributed by atoms with Crippen LogP contribution in [0.15, 0.2) is 66.4 Å². The van der Waals surface area contributed by atoms with Crippen LogP contribution < -0.4 is 9.47 Å². The molecule has 0 N–H and O–H groups in total. The Balaban J connectivity index is 1.72. The van der Waals surface area contributed by atoms with Gasteiger partial charge in [0.05, 0.1) is 12.7 Å². The lowest BCUT2D eigenvalue weighted by molar-refractivity contribution is 0.101. The van der Waals surface area contributed by atoms with E-state index in [4.69, 9.17) is 9.47 Å². The molecule has 3 heteroatoms.